The van der Waals surface area contributed by atoms with E-state index in [-0.39, 0.29) is 6.03 Å². The minimum absolute atomic E-state index is 0.254. The van der Waals surface area contributed by atoms with Gasteiger partial charge in [-0.15, -0.1) is 0 Å². The molecule has 0 saturated carbocycles. The standard InChI is InChI=1S/C11H18N2O2/c1-8-2-3-12(5-8)11(14)13-9-4-10(13)7-15-6-9/h8-10H,2-7H2,1H3. The summed E-state index contributed by atoms with van der Waals surface area (Å²) < 4.78 is 5.38. The summed E-state index contributed by atoms with van der Waals surface area (Å²) in [5.74, 6) is 0.673. The van der Waals surface area contributed by atoms with Crippen LogP contribution in [0.3, 0.4) is 0 Å². The Balaban J connectivity index is 1.65. The van der Waals surface area contributed by atoms with Crippen molar-refractivity contribution in [2.75, 3.05) is 26.3 Å². The number of carbonyl (C=O) groups excluding carboxylic acids is 1. The van der Waals surface area contributed by atoms with Gasteiger partial charge in [0.1, 0.15) is 0 Å². The maximum absolute atomic E-state index is 12.2. The van der Waals surface area contributed by atoms with Crippen molar-refractivity contribution in [2.24, 2.45) is 5.92 Å². The Morgan fingerprint density at radius 2 is 2.07 bits per heavy atom. The minimum atomic E-state index is 0.254. The van der Waals surface area contributed by atoms with Crippen molar-refractivity contribution in [3.8, 4) is 0 Å². The highest BCUT2D eigenvalue weighted by atomic mass is 16.5. The van der Waals surface area contributed by atoms with Crippen molar-refractivity contribution in [1.29, 1.82) is 0 Å². The highest BCUT2D eigenvalue weighted by Gasteiger charge is 2.47. The molecule has 2 amide bonds. The summed E-state index contributed by atoms with van der Waals surface area (Å²) in [5, 5.41) is 0. The van der Waals surface area contributed by atoms with E-state index in [9.17, 15) is 4.79 Å². The van der Waals surface area contributed by atoms with Gasteiger partial charge in [-0.25, -0.2) is 4.79 Å². The van der Waals surface area contributed by atoms with Crippen LogP contribution in [0.2, 0.25) is 0 Å². The van der Waals surface area contributed by atoms with Gasteiger partial charge in [-0.2, -0.15) is 0 Å². The molecule has 0 radical (unpaired) electrons. The molecule has 3 fully saturated rings. The molecule has 2 bridgehead atoms. The van der Waals surface area contributed by atoms with Gasteiger partial charge in [0.05, 0.1) is 25.3 Å². The third-order valence-corrected chi connectivity index (χ3v) is 3.87. The fraction of sp³-hybridized carbons (Fsp3) is 0.909. The molecule has 3 heterocycles. The quantitative estimate of drug-likeness (QED) is 0.595. The fourth-order valence-corrected chi connectivity index (χ4v) is 2.92. The Morgan fingerprint density at radius 3 is 2.60 bits per heavy atom. The Hall–Kier alpha value is -0.770. The van der Waals surface area contributed by atoms with E-state index in [4.69, 9.17) is 4.74 Å². The third kappa shape index (κ3) is 1.42. The topological polar surface area (TPSA) is 32.8 Å². The predicted octanol–water partition coefficient (Wildman–Crippen LogP) is 0.921. The van der Waals surface area contributed by atoms with E-state index in [1.165, 1.54) is 0 Å². The molecular formula is C11H18N2O2. The number of carbonyl (C=O) groups is 1. The zero-order valence-electron chi connectivity index (χ0n) is 9.19. The lowest BCUT2D eigenvalue weighted by atomic mass is 9.92. The number of hydrogen-bond donors (Lipinski definition) is 0. The zero-order valence-corrected chi connectivity index (χ0v) is 9.19. The molecule has 0 aromatic rings. The lowest BCUT2D eigenvalue weighted by Gasteiger charge is -2.53. The Kier molecular flexibility index (Phi) is 2.12. The lowest BCUT2D eigenvalue weighted by molar-refractivity contribution is -0.105. The molecule has 0 N–H and O–H groups in total. The molecule has 4 nitrogen and oxygen atoms in total. The van der Waals surface area contributed by atoms with Gasteiger partial charge in [-0.3, -0.25) is 0 Å². The van der Waals surface area contributed by atoms with E-state index in [1.807, 2.05) is 9.80 Å². The number of morpholine rings is 1. The number of ether oxygens (including phenoxy) is 1. The number of urea groups is 1. The first-order chi connectivity index (χ1) is 7.25. The van der Waals surface area contributed by atoms with Crippen molar-refractivity contribution in [2.45, 2.75) is 31.8 Å². The second-order valence-electron chi connectivity index (χ2n) is 5.11. The minimum Gasteiger partial charge on any atom is -0.377 e. The molecule has 3 aliphatic heterocycles. The van der Waals surface area contributed by atoms with Crippen LogP contribution < -0.4 is 0 Å². The van der Waals surface area contributed by atoms with Gasteiger partial charge >= 0.3 is 6.03 Å². The Morgan fingerprint density at radius 1 is 1.33 bits per heavy atom. The smallest absolute Gasteiger partial charge is 0.320 e. The summed E-state index contributed by atoms with van der Waals surface area (Å²) in [6.45, 7) is 5.58. The van der Waals surface area contributed by atoms with Gasteiger partial charge in [0.15, 0.2) is 0 Å². The molecule has 0 spiro atoms. The molecule has 0 aromatic heterocycles. The van der Waals surface area contributed by atoms with Crippen molar-refractivity contribution >= 4 is 6.03 Å². The van der Waals surface area contributed by atoms with Gasteiger partial charge in [0.25, 0.3) is 0 Å². The molecule has 3 unspecified atom stereocenters. The largest absolute Gasteiger partial charge is 0.377 e. The first kappa shape index (κ1) is 9.46. The normalized spacial score (nSPS) is 39.1. The average molecular weight is 210 g/mol. The van der Waals surface area contributed by atoms with Crippen LogP contribution in [0, 0.1) is 5.92 Å². The second kappa shape index (κ2) is 3.37. The van der Waals surface area contributed by atoms with Crippen LogP contribution in [0.15, 0.2) is 0 Å². The van der Waals surface area contributed by atoms with Gasteiger partial charge in [-0.05, 0) is 18.8 Å². The maximum Gasteiger partial charge on any atom is 0.320 e. The van der Waals surface area contributed by atoms with Crippen LogP contribution in [-0.2, 0) is 4.74 Å². The summed E-state index contributed by atoms with van der Waals surface area (Å²) in [4.78, 5) is 16.2. The second-order valence-corrected chi connectivity index (χ2v) is 5.11. The Labute approximate surface area is 90.2 Å². The molecule has 0 aromatic carbocycles. The van der Waals surface area contributed by atoms with E-state index in [1.54, 1.807) is 0 Å². The molecule has 3 rings (SSSR count). The van der Waals surface area contributed by atoms with Crippen LogP contribution in [0.1, 0.15) is 19.8 Å². The van der Waals surface area contributed by atoms with Crippen LogP contribution >= 0.6 is 0 Å². The monoisotopic (exact) mass is 210 g/mol. The summed E-state index contributed by atoms with van der Waals surface area (Å²) in [7, 11) is 0. The van der Waals surface area contributed by atoms with Crippen LogP contribution in [0.25, 0.3) is 0 Å². The number of fused-ring (bicyclic) bond motifs is 2. The summed E-state index contributed by atoms with van der Waals surface area (Å²) >= 11 is 0. The van der Waals surface area contributed by atoms with Crippen LogP contribution in [-0.4, -0.2) is 54.2 Å². The lowest BCUT2D eigenvalue weighted by Crippen LogP contribution is -2.67. The van der Waals surface area contributed by atoms with Gasteiger partial charge < -0.3 is 14.5 Å². The van der Waals surface area contributed by atoms with Crippen LogP contribution in [0.5, 0.6) is 0 Å². The van der Waals surface area contributed by atoms with Gasteiger partial charge in [-0.1, -0.05) is 6.92 Å². The van der Waals surface area contributed by atoms with Crippen molar-refractivity contribution in [1.82, 2.24) is 9.80 Å². The van der Waals surface area contributed by atoms with E-state index in [0.29, 0.717) is 18.0 Å². The molecule has 3 aliphatic rings. The molecule has 84 valence electrons. The fourth-order valence-electron chi connectivity index (χ4n) is 2.92. The molecule has 0 aliphatic carbocycles. The SMILES string of the molecule is CC1CCN(C(=O)N2C3COCC2C3)C1. The summed E-state index contributed by atoms with van der Waals surface area (Å²) in [6, 6.07) is 0.989. The zero-order chi connectivity index (χ0) is 10.4. The number of hydrogen-bond acceptors (Lipinski definition) is 2. The molecule has 4 heteroatoms. The maximum atomic E-state index is 12.2. The number of amides is 2. The number of nitrogens with zero attached hydrogens (tertiary/aromatic N) is 2. The third-order valence-electron chi connectivity index (χ3n) is 3.87. The predicted molar refractivity (Wildman–Crippen MR) is 55.6 cm³/mol. The highest BCUT2D eigenvalue weighted by molar-refractivity contribution is 5.76. The molecular weight excluding hydrogens is 192 g/mol. The van der Waals surface area contributed by atoms with E-state index >= 15 is 0 Å². The van der Waals surface area contributed by atoms with Crippen molar-refractivity contribution in [3.05, 3.63) is 0 Å². The van der Waals surface area contributed by atoms with E-state index in [0.717, 1.165) is 39.1 Å². The highest BCUT2D eigenvalue weighted by Crippen LogP contribution is 2.32. The summed E-state index contributed by atoms with van der Waals surface area (Å²) in [5.41, 5.74) is 0. The molecule has 15 heavy (non-hydrogen) atoms. The van der Waals surface area contributed by atoms with Gasteiger partial charge in [0.2, 0.25) is 0 Å². The van der Waals surface area contributed by atoms with E-state index < -0.39 is 0 Å². The first-order valence-electron chi connectivity index (χ1n) is 5.90. The molecule has 3 atom stereocenters. The molecule has 3 saturated heterocycles. The number of rotatable bonds is 0. The Bertz CT molecular complexity index is 268. The van der Waals surface area contributed by atoms with Crippen LogP contribution in [0.4, 0.5) is 4.79 Å². The first-order valence-corrected chi connectivity index (χ1v) is 5.90. The number of likely N-dealkylation sites (tertiary alicyclic amines) is 1. The van der Waals surface area contributed by atoms with E-state index in [2.05, 4.69) is 6.92 Å². The van der Waals surface area contributed by atoms with Crippen molar-refractivity contribution in [3.63, 3.8) is 0 Å². The van der Waals surface area contributed by atoms with Crippen molar-refractivity contribution < 1.29 is 9.53 Å². The average Bonchev–Trinajstić information content (AvgIpc) is 2.66. The summed E-state index contributed by atoms with van der Waals surface area (Å²) in [6.07, 6.45) is 2.31. The van der Waals surface area contributed by atoms with Gasteiger partial charge in [0, 0.05) is 13.1 Å².